The fraction of sp³-hybridized carbons (Fsp3) is 0. The molecule has 0 bridgehead atoms. The number of thiocarbonyl (C=S) groups is 1. The summed E-state index contributed by atoms with van der Waals surface area (Å²) in [5.74, 6) is 0. The van der Waals surface area contributed by atoms with E-state index in [4.69, 9.17) is 18.0 Å². The van der Waals surface area contributed by atoms with Gasteiger partial charge in [0.15, 0.2) is 5.11 Å². The molecule has 1 aromatic carbocycles. The van der Waals surface area contributed by atoms with Gasteiger partial charge >= 0.3 is 0 Å². The molecular formula is C7H6Br2N2S. The Labute approximate surface area is 92.8 Å². The summed E-state index contributed by atoms with van der Waals surface area (Å²) in [5, 5.41) is 3.10. The zero-order valence-corrected chi connectivity index (χ0v) is 9.96. The van der Waals surface area contributed by atoms with Gasteiger partial charge in [0.2, 0.25) is 0 Å². The lowest BCUT2D eigenvalue weighted by Gasteiger charge is -2.06. The molecule has 3 N–H and O–H groups in total. The van der Waals surface area contributed by atoms with Crippen molar-refractivity contribution >= 4 is 54.9 Å². The largest absolute Gasteiger partial charge is 0.376 e. The monoisotopic (exact) mass is 308 g/mol. The fourth-order valence-electron chi connectivity index (χ4n) is 0.733. The van der Waals surface area contributed by atoms with Crippen LogP contribution in [-0.4, -0.2) is 5.11 Å². The number of halogens is 2. The Balaban J connectivity index is 3.00. The molecule has 0 aliphatic rings. The van der Waals surface area contributed by atoms with E-state index in [2.05, 4.69) is 37.2 Å². The number of hydrogen-bond donors (Lipinski definition) is 2. The topological polar surface area (TPSA) is 38.0 Å². The number of nitrogens with one attached hydrogen (secondary N) is 1. The Hall–Kier alpha value is -0.130. The van der Waals surface area contributed by atoms with Crippen LogP contribution in [0.15, 0.2) is 27.1 Å². The molecule has 1 aromatic rings. The lowest BCUT2D eigenvalue weighted by atomic mass is 10.3. The molecule has 0 spiro atoms. The van der Waals surface area contributed by atoms with Crippen molar-refractivity contribution in [1.29, 1.82) is 0 Å². The van der Waals surface area contributed by atoms with Gasteiger partial charge in [0, 0.05) is 4.47 Å². The Morgan fingerprint density at radius 3 is 2.67 bits per heavy atom. The maximum absolute atomic E-state index is 5.33. The molecule has 5 heteroatoms. The second-order valence-electron chi connectivity index (χ2n) is 2.09. The predicted octanol–water partition coefficient (Wildman–Crippen LogP) is 2.87. The van der Waals surface area contributed by atoms with Crippen LogP contribution < -0.4 is 11.1 Å². The molecule has 2 nitrogen and oxygen atoms in total. The Morgan fingerprint density at radius 2 is 2.08 bits per heavy atom. The van der Waals surface area contributed by atoms with E-state index in [9.17, 15) is 0 Å². The summed E-state index contributed by atoms with van der Waals surface area (Å²) in [6.45, 7) is 0. The zero-order valence-electron chi connectivity index (χ0n) is 5.97. The van der Waals surface area contributed by atoms with Crippen LogP contribution in [-0.2, 0) is 0 Å². The molecular weight excluding hydrogens is 304 g/mol. The van der Waals surface area contributed by atoms with Crippen LogP contribution in [0.4, 0.5) is 5.69 Å². The Morgan fingerprint density at radius 1 is 1.42 bits per heavy atom. The smallest absolute Gasteiger partial charge is 0.168 e. The van der Waals surface area contributed by atoms with Gasteiger partial charge in [-0.1, -0.05) is 6.07 Å². The van der Waals surface area contributed by atoms with Gasteiger partial charge in [0.1, 0.15) is 0 Å². The summed E-state index contributed by atoms with van der Waals surface area (Å²) in [7, 11) is 0. The van der Waals surface area contributed by atoms with Crippen LogP contribution in [0.2, 0.25) is 0 Å². The molecule has 64 valence electrons. The number of anilines is 1. The van der Waals surface area contributed by atoms with Crippen LogP contribution in [0, 0.1) is 0 Å². The molecule has 0 amide bonds. The van der Waals surface area contributed by atoms with E-state index in [1.54, 1.807) is 0 Å². The molecule has 0 heterocycles. The third-order valence-electron chi connectivity index (χ3n) is 1.21. The molecule has 0 fully saturated rings. The van der Waals surface area contributed by atoms with E-state index in [-0.39, 0.29) is 5.11 Å². The van der Waals surface area contributed by atoms with Gasteiger partial charge in [-0.25, -0.2) is 0 Å². The highest BCUT2D eigenvalue weighted by Crippen LogP contribution is 2.30. The van der Waals surface area contributed by atoms with Crippen molar-refractivity contribution in [1.82, 2.24) is 0 Å². The van der Waals surface area contributed by atoms with Gasteiger partial charge in [0.05, 0.1) is 10.2 Å². The van der Waals surface area contributed by atoms with Crippen LogP contribution in [0.5, 0.6) is 0 Å². The van der Waals surface area contributed by atoms with Crippen LogP contribution in [0.25, 0.3) is 0 Å². The molecule has 0 aliphatic heterocycles. The molecule has 0 radical (unpaired) electrons. The van der Waals surface area contributed by atoms with Gasteiger partial charge in [-0.05, 0) is 56.2 Å². The van der Waals surface area contributed by atoms with Crippen molar-refractivity contribution in [2.75, 3.05) is 5.32 Å². The molecule has 0 atom stereocenters. The van der Waals surface area contributed by atoms with Crippen LogP contribution in [0.1, 0.15) is 0 Å². The quantitative estimate of drug-likeness (QED) is 0.783. The number of hydrogen-bond acceptors (Lipinski definition) is 1. The van der Waals surface area contributed by atoms with Gasteiger partial charge in [-0.3, -0.25) is 0 Å². The maximum atomic E-state index is 5.33. The van der Waals surface area contributed by atoms with Crippen molar-refractivity contribution < 1.29 is 0 Å². The van der Waals surface area contributed by atoms with Gasteiger partial charge in [0.25, 0.3) is 0 Å². The van der Waals surface area contributed by atoms with E-state index >= 15 is 0 Å². The van der Waals surface area contributed by atoms with Crippen LogP contribution in [0.3, 0.4) is 0 Å². The van der Waals surface area contributed by atoms with Crippen molar-refractivity contribution in [3.8, 4) is 0 Å². The minimum absolute atomic E-state index is 0.258. The Kier molecular flexibility index (Phi) is 3.49. The zero-order chi connectivity index (χ0) is 9.14. The predicted molar refractivity (Wildman–Crippen MR) is 62.3 cm³/mol. The first-order valence-corrected chi connectivity index (χ1v) is 5.11. The van der Waals surface area contributed by atoms with E-state index in [0.717, 1.165) is 14.6 Å². The number of nitrogens with two attached hydrogens (primary N) is 1. The average Bonchev–Trinajstić information content (AvgIpc) is 1.98. The van der Waals surface area contributed by atoms with Gasteiger partial charge in [-0.15, -0.1) is 0 Å². The second-order valence-corrected chi connectivity index (χ2v) is 4.18. The first kappa shape index (κ1) is 9.95. The van der Waals surface area contributed by atoms with Gasteiger partial charge in [-0.2, -0.15) is 0 Å². The normalized spacial score (nSPS) is 9.50. The third kappa shape index (κ3) is 2.43. The van der Waals surface area contributed by atoms with Crippen molar-refractivity contribution in [2.45, 2.75) is 0 Å². The van der Waals surface area contributed by atoms with Gasteiger partial charge < -0.3 is 11.1 Å². The highest BCUT2D eigenvalue weighted by Gasteiger charge is 2.02. The summed E-state index contributed by atoms with van der Waals surface area (Å²) in [5.41, 5.74) is 6.19. The lowest BCUT2D eigenvalue weighted by molar-refractivity contribution is 1.54. The highest BCUT2D eigenvalue weighted by molar-refractivity contribution is 9.13. The standard InChI is InChI=1S/C7H6Br2N2S/c8-4-2-1-3-5(6(4)9)11-7(10)12/h1-3H,(H3,10,11,12). The lowest BCUT2D eigenvalue weighted by Crippen LogP contribution is -2.19. The first-order valence-electron chi connectivity index (χ1n) is 3.11. The minimum atomic E-state index is 0.258. The van der Waals surface area contributed by atoms with E-state index in [1.165, 1.54) is 0 Å². The molecule has 0 aromatic heterocycles. The molecule has 1 rings (SSSR count). The first-order chi connectivity index (χ1) is 5.61. The molecule has 0 saturated heterocycles. The summed E-state index contributed by atoms with van der Waals surface area (Å²) >= 11 is 11.5. The van der Waals surface area contributed by atoms with Crippen molar-refractivity contribution in [2.24, 2.45) is 5.73 Å². The summed E-state index contributed by atoms with van der Waals surface area (Å²) in [6.07, 6.45) is 0. The summed E-state index contributed by atoms with van der Waals surface area (Å²) < 4.78 is 1.88. The van der Waals surface area contributed by atoms with Crippen LogP contribution >= 0.6 is 44.1 Å². The van der Waals surface area contributed by atoms with E-state index < -0.39 is 0 Å². The maximum Gasteiger partial charge on any atom is 0.168 e. The molecule has 0 saturated carbocycles. The highest BCUT2D eigenvalue weighted by atomic mass is 79.9. The Bertz CT molecular complexity index is 314. The third-order valence-corrected chi connectivity index (χ3v) is 3.36. The number of benzene rings is 1. The summed E-state index contributed by atoms with van der Waals surface area (Å²) in [6, 6.07) is 5.71. The summed E-state index contributed by atoms with van der Waals surface area (Å²) in [4.78, 5) is 0. The van der Waals surface area contributed by atoms with E-state index in [1.807, 2.05) is 18.2 Å². The SMILES string of the molecule is NC(=S)Nc1cccc(Br)c1Br. The average molecular weight is 310 g/mol. The molecule has 0 aliphatic carbocycles. The number of rotatable bonds is 1. The van der Waals surface area contributed by atoms with Crippen molar-refractivity contribution in [3.05, 3.63) is 27.1 Å². The molecule has 12 heavy (non-hydrogen) atoms. The second kappa shape index (κ2) is 4.20. The fourth-order valence-corrected chi connectivity index (χ4v) is 1.57. The van der Waals surface area contributed by atoms with E-state index in [0.29, 0.717) is 0 Å². The van der Waals surface area contributed by atoms with Crippen molar-refractivity contribution in [3.63, 3.8) is 0 Å². The molecule has 0 unspecified atom stereocenters. The minimum Gasteiger partial charge on any atom is -0.376 e.